The summed E-state index contributed by atoms with van der Waals surface area (Å²) in [4.78, 5) is 8.47. The van der Waals surface area contributed by atoms with Crippen molar-refractivity contribution in [2.24, 2.45) is 0 Å². The minimum absolute atomic E-state index is 0.427. The number of halogens is 2. The quantitative estimate of drug-likeness (QED) is 0.717. The van der Waals surface area contributed by atoms with E-state index >= 15 is 0 Å². The van der Waals surface area contributed by atoms with Crippen LogP contribution in [0, 0.1) is 0 Å². The molecular formula is C12H7BrClN3O. The van der Waals surface area contributed by atoms with E-state index in [0.29, 0.717) is 26.9 Å². The van der Waals surface area contributed by atoms with Crippen molar-refractivity contribution >= 4 is 33.2 Å². The molecule has 0 aliphatic rings. The summed E-state index contributed by atoms with van der Waals surface area (Å²) in [5.74, 6) is 1.05. The zero-order valence-electron chi connectivity index (χ0n) is 9.05. The van der Waals surface area contributed by atoms with Gasteiger partial charge in [0.25, 0.3) is 5.88 Å². The van der Waals surface area contributed by atoms with Crippen LogP contribution in [0.1, 0.15) is 0 Å². The van der Waals surface area contributed by atoms with Crippen molar-refractivity contribution in [2.75, 3.05) is 0 Å². The SMILES string of the molecule is Clc1cccc(Oc2nc(Br)cn3ccnc23)c1. The van der Waals surface area contributed by atoms with Crippen molar-refractivity contribution in [2.45, 2.75) is 0 Å². The Morgan fingerprint density at radius 1 is 1.33 bits per heavy atom. The van der Waals surface area contributed by atoms with Crippen LogP contribution in [0.15, 0.2) is 47.5 Å². The minimum Gasteiger partial charge on any atom is -0.436 e. The Kier molecular flexibility index (Phi) is 2.93. The second-order valence-corrected chi connectivity index (χ2v) is 4.84. The van der Waals surface area contributed by atoms with E-state index in [4.69, 9.17) is 16.3 Å². The molecule has 0 unspecified atom stereocenters. The van der Waals surface area contributed by atoms with E-state index in [2.05, 4.69) is 25.9 Å². The molecule has 0 amide bonds. The van der Waals surface area contributed by atoms with E-state index in [0.717, 1.165) is 0 Å². The number of hydrogen-bond acceptors (Lipinski definition) is 3. The van der Waals surface area contributed by atoms with Crippen molar-refractivity contribution in [1.29, 1.82) is 0 Å². The van der Waals surface area contributed by atoms with Crippen molar-refractivity contribution < 1.29 is 4.74 Å². The summed E-state index contributed by atoms with van der Waals surface area (Å²) in [6.07, 6.45) is 5.33. The Hall–Kier alpha value is -1.59. The molecule has 3 rings (SSSR count). The van der Waals surface area contributed by atoms with E-state index in [1.54, 1.807) is 18.3 Å². The first-order valence-corrected chi connectivity index (χ1v) is 6.32. The predicted octanol–water partition coefficient (Wildman–Crippen LogP) is 3.94. The van der Waals surface area contributed by atoms with Gasteiger partial charge < -0.3 is 4.74 Å². The van der Waals surface area contributed by atoms with Crippen LogP contribution in [-0.2, 0) is 0 Å². The number of ether oxygens (including phenoxy) is 1. The lowest BCUT2D eigenvalue weighted by atomic mass is 10.3. The molecule has 0 spiro atoms. The Morgan fingerprint density at radius 2 is 2.22 bits per heavy atom. The van der Waals surface area contributed by atoms with Gasteiger partial charge in [-0.05, 0) is 34.1 Å². The van der Waals surface area contributed by atoms with Gasteiger partial charge in [0, 0.05) is 23.6 Å². The Bertz CT molecular complexity index is 713. The van der Waals surface area contributed by atoms with E-state index < -0.39 is 0 Å². The molecule has 90 valence electrons. The molecule has 18 heavy (non-hydrogen) atoms. The smallest absolute Gasteiger partial charge is 0.264 e. The first-order valence-electron chi connectivity index (χ1n) is 5.15. The lowest BCUT2D eigenvalue weighted by Crippen LogP contribution is -1.94. The molecule has 0 atom stereocenters. The summed E-state index contributed by atoms with van der Waals surface area (Å²) in [7, 11) is 0. The number of hydrogen-bond donors (Lipinski definition) is 0. The zero-order chi connectivity index (χ0) is 12.5. The van der Waals surface area contributed by atoms with Crippen molar-refractivity contribution in [3.8, 4) is 11.6 Å². The average Bonchev–Trinajstić information content (AvgIpc) is 2.77. The predicted molar refractivity (Wildman–Crippen MR) is 72.2 cm³/mol. The average molecular weight is 325 g/mol. The molecular weight excluding hydrogens is 318 g/mol. The van der Waals surface area contributed by atoms with Gasteiger partial charge in [0.1, 0.15) is 10.4 Å². The molecule has 2 aromatic heterocycles. The molecule has 0 bridgehead atoms. The maximum atomic E-state index is 5.91. The highest BCUT2D eigenvalue weighted by molar-refractivity contribution is 9.10. The standard InChI is InChI=1S/C12H7BrClN3O/c13-10-7-17-5-4-15-11(17)12(16-10)18-9-3-1-2-8(14)6-9/h1-7H. The van der Waals surface area contributed by atoms with Gasteiger partial charge in [-0.2, -0.15) is 0 Å². The highest BCUT2D eigenvalue weighted by Gasteiger charge is 2.09. The number of benzene rings is 1. The monoisotopic (exact) mass is 323 g/mol. The second kappa shape index (κ2) is 4.59. The summed E-state index contributed by atoms with van der Waals surface area (Å²) >= 11 is 9.24. The number of imidazole rings is 1. The number of rotatable bonds is 2. The maximum Gasteiger partial charge on any atom is 0.264 e. The van der Waals surface area contributed by atoms with Crippen LogP contribution >= 0.6 is 27.5 Å². The molecule has 4 nitrogen and oxygen atoms in total. The largest absolute Gasteiger partial charge is 0.436 e. The molecule has 0 saturated heterocycles. The third-order valence-electron chi connectivity index (χ3n) is 2.32. The van der Waals surface area contributed by atoms with Crippen LogP contribution in [-0.4, -0.2) is 14.4 Å². The number of fused-ring (bicyclic) bond motifs is 1. The number of aromatic nitrogens is 3. The molecule has 2 heterocycles. The molecule has 1 aromatic carbocycles. The lowest BCUT2D eigenvalue weighted by Gasteiger charge is -2.06. The molecule has 0 fully saturated rings. The molecule has 0 radical (unpaired) electrons. The number of nitrogens with zero attached hydrogens (tertiary/aromatic N) is 3. The molecule has 0 aliphatic heterocycles. The van der Waals surface area contributed by atoms with Crippen LogP contribution < -0.4 is 4.74 Å². The Balaban J connectivity index is 2.06. The van der Waals surface area contributed by atoms with Crippen LogP contribution in [0.5, 0.6) is 11.6 Å². The minimum atomic E-state index is 0.427. The van der Waals surface area contributed by atoms with Crippen LogP contribution in [0.25, 0.3) is 5.65 Å². The normalized spacial score (nSPS) is 10.8. The fourth-order valence-corrected chi connectivity index (χ4v) is 2.15. The van der Waals surface area contributed by atoms with E-state index in [-0.39, 0.29) is 0 Å². The van der Waals surface area contributed by atoms with E-state index in [1.165, 1.54) is 0 Å². The molecule has 3 aromatic rings. The fourth-order valence-electron chi connectivity index (χ4n) is 1.58. The van der Waals surface area contributed by atoms with Gasteiger partial charge in [-0.25, -0.2) is 9.97 Å². The van der Waals surface area contributed by atoms with E-state index in [9.17, 15) is 0 Å². The summed E-state index contributed by atoms with van der Waals surface area (Å²) in [5.41, 5.74) is 0.651. The third kappa shape index (κ3) is 2.19. The Morgan fingerprint density at radius 3 is 3.06 bits per heavy atom. The van der Waals surface area contributed by atoms with Gasteiger partial charge in [-0.15, -0.1) is 0 Å². The van der Waals surface area contributed by atoms with Gasteiger partial charge in [-0.3, -0.25) is 4.40 Å². The highest BCUT2D eigenvalue weighted by atomic mass is 79.9. The van der Waals surface area contributed by atoms with Crippen LogP contribution in [0.3, 0.4) is 0 Å². The molecule has 0 N–H and O–H groups in total. The van der Waals surface area contributed by atoms with Gasteiger partial charge in [0.15, 0.2) is 0 Å². The van der Waals surface area contributed by atoms with Gasteiger partial charge in [-0.1, -0.05) is 17.7 Å². The summed E-state index contributed by atoms with van der Waals surface area (Å²) in [5, 5.41) is 0.613. The third-order valence-corrected chi connectivity index (χ3v) is 2.94. The first kappa shape index (κ1) is 11.5. The van der Waals surface area contributed by atoms with Crippen molar-refractivity contribution in [3.05, 3.63) is 52.5 Å². The summed E-state index contributed by atoms with van der Waals surface area (Å²) in [6, 6.07) is 7.14. The Labute approximate surface area is 116 Å². The van der Waals surface area contributed by atoms with Crippen LogP contribution in [0.4, 0.5) is 0 Å². The lowest BCUT2D eigenvalue weighted by molar-refractivity contribution is 0.464. The van der Waals surface area contributed by atoms with E-state index in [1.807, 2.05) is 28.9 Å². The first-order chi connectivity index (χ1) is 8.72. The van der Waals surface area contributed by atoms with Gasteiger partial charge in [0.05, 0.1) is 0 Å². The maximum absolute atomic E-state index is 5.91. The topological polar surface area (TPSA) is 39.4 Å². The van der Waals surface area contributed by atoms with Gasteiger partial charge >= 0.3 is 0 Å². The zero-order valence-corrected chi connectivity index (χ0v) is 11.4. The molecule has 0 saturated carbocycles. The summed E-state index contributed by atoms with van der Waals surface area (Å²) < 4.78 is 8.20. The molecule has 6 heteroatoms. The second-order valence-electron chi connectivity index (χ2n) is 3.59. The summed E-state index contributed by atoms with van der Waals surface area (Å²) in [6.45, 7) is 0. The fraction of sp³-hybridized carbons (Fsp3) is 0. The van der Waals surface area contributed by atoms with Gasteiger partial charge in [0.2, 0.25) is 5.65 Å². The van der Waals surface area contributed by atoms with Crippen molar-refractivity contribution in [3.63, 3.8) is 0 Å². The van der Waals surface area contributed by atoms with Crippen LogP contribution in [0.2, 0.25) is 5.02 Å². The highest BCUT2D eigenvalue weighted by Crippen LogP contribution is 2.26. The molecule has 0 aliphatic carbocycles. The van der Waals surface area contributed by atoms with Crippen molar-refractivity contribution in [1.82, 2.24) is 14.4 Å².